The van der Waals surface area contributed by atoms with Crippen molar-refractivity contribution in [3.63, 3.8) is 0 Å². The first-order chi connectivity index (χ1) is 9.32. The molecule has 0 radical (unpaired) electrons. The van der Waals surface area contributed by atoms with Gasteiger partial charge in [0.15, 0.2) is 5.03 Å². The van der Waals surface area contributed by atoms with E-state index in [0.29, 0.717) is 5.69 Å². The molecule has 2 rings (SSSR count). The Morgan fingerprint density at radius 2 is 1.95 bits per heavy atom. The lowest BCUT2D eigenvalue weighted by Crippen LogP contribution is -2.28. The first-order valence-corrected chi connectivity index (χ1v) is 7.62. The Morgan fingerprint density at radius 1 is 1.35 bits per heavy atom. The van der Waals surface area contributed by atoms with E-state index in [1.165, 1.54) is 29.3 Å². The number of nitrogens with zero attached hydrogens (tertiary/aromatic N) is 3. The van der Waals surface area contributed by atoms with Gasteiger partial charge in [-0.3, -0.25) is 4.68 Å². The van der Waals surface area contributed by atoms with Crippen molar-refractivity contribution in [2.24, 2.45) is 7.05 Å². The normalized spacial score (nSPS) is 12.0. The summed E-state index contributed by atoms with van der Waals surface area (Å²) in [5.41, 5.74) is 7.07. The number of anilines is 1. The van der Waals surface area contributed by atoms with Crippen LogP contribution in [0.4, 0.5) is 5.69 Å². The van der Waals surface area contributed by atoms with Gasteiger partial charge in [0, 0.05) is 26.3 Å². The maximum absolute atomic E-state index is 12.5. The van der Waals surface area contributed by atoms with Crippen LogP contribution >= 0.6 is 11.6 Å². The molecule has 0 bridgehead atoms. The molecule has 8 heteroatoms. The van der Waals surface area contributed by atoms with Crippen LogP contribution < -0.4 is 5.73 Å². The Labute approximate surface area is 122 Å². The lowest BCUT2D eigenvalue weighted by atomic mass is 10.2. The van der Waals surface area contributed by atoms with Gasteiger partial charge in [-0.15, -0.1) is 0 Å². The maximum Gasteiger partial charge on any atom is 0.261 e. The average Bonchev–Trinajstić information content (AvgIpc) is 2.72. The summed E-state index contributed by atoms with van der Waals surface area (Å²) in [5, 5.41) is 3.94. The lowest BCUT2D eigenvalue weighted by molar-refractivity contribution is 0.457. The summed E-state index contributed by atoms with van der Waals surface area (Å²) >= 11 is 5.89. The van der Waals surface area contributed by atoms with Gasteiger partial charge in [-0.2, -0.15) is 9.40 Å². The number of benzene rings is 1. The van der Waals surface area contributed by atoms with E-state index in [-0.39, 0.29) is 16.6 Å². The molecular formula is C12H15ClN4O2S. The minimum absolute atomic E-state index is 0.0166. The number of hydrogen-bond acceptors (Lipinski definition) is 4. The van der Waals surface area contributed by atoms with Crippen LogP contribution in [0.25, 0.3) is 0 Å². The summed E-state index contributed by atoms with van der Waals surface area (Å²) in [6, 6.07) is 7.03. The van der Waals surface area contributed by atoms with Crippen molar-refractivity contribution in [3.05, 3.63) is 41.0 Å². The second-order valence-corrected chi connectivity index (χ2v) is 6.79. The zero-order valence-corrected chi connectivity index (χ0v) is 12.7. The molecule has 0 amide bonds. The van der Waals surface area contributed by atoms with Crippen LogP contribution in [0.15, 0.2) is 35.5 Å². The monoisotopic (exact) mass is 314 g/mol. The molecule has 0 atom stereocenters. The first kappa shape index (κ1) is 14.8. The number of sulfonamides is 1. The van der Waals surface area contributed by atoms with Gasteiger partial charge in [0.25, 0.3) is 10.0 Å². The standard InChI is InChI=1S/C12H15ClN4O2S/c1-16(8-9-3-5-10(14)6-4-9)20(18,19)12-11(13)7-15-17(12)2/h3-7H,8,14H2,1-2H3. The molecule has 0 aliphatic carbocycles. The van der Waals surface area contributed by atoms with Gasteiger partial charge in [-0.25, -0.2) is 8.42 Å². The Balaban J connectivity index is 2.28. The van der Waals surface area contributed by atoms with Gasteiger partial charge >= 0.3 is 0 Å². The van der Waals surface area contributed by atoms with E-state index in [9.17, 15) is 8.42 Å². The van der Waals surface area contributed by atoms with Crippen LogP contribution in [0.2, 0.25) is 5.02 Å². The third-order valence-electron chi connectivity index (χ3n) is 2.88. The van der Waals surface area contributed by atoms with Crippen molar-refractivity contribution in [2.75, 3.05) is 12.8 Å². The van der Waals surface area contributed by atoms with Gasteiger partial charge < -0.3 is 5.73 Å². The smallest absolute Gasteiger partial charge is 0.261 e. The summed E-state index contributed by atoms with van der Waals surface area (Å²) in [4.78, 5) is 0. The fourth-order valence-electron chi connectivity index (χ4n) is 1.80. The summed E-state index contributed by atoms with van der Waals surface area (Å²) in [6.07, 6.45) is 1.31. The molecular weight excluding hydrogens is 300 g/mol. The molecule has 6 nitrogen and oxygen atoms in total. The number of hydrogen-bond donors (Lipinski definition) is 1. The second kappa shape index (κ2) is 5.43. The number of nitrogens with two attached hydrogens (primary N) is 1. The van der Waals surface area contributed by atoms with Crippen LogP contribution in [0.5, 0.6) is 0 Å². The minimum Gasteiger partial charge on any atom is -0.399 e. The molecule has 0 saturated carbocycles. The van der Waals surface area contributed by atoms with E-state index in [0.717, 1.165) is 5.56 Å². The van der Waals surface area contributed by atoms with E-state index in [1.54, 1.807) is 24.3 Å². The van der Waals surface area contributed by atoms with Crippen molar-refractivity contribution in [1.82, 2.24) is 14.1 Å². The van der Waals surface area contributed by atoms with E-state index >= 15 is 0 Å². The van der Waals surface area contributed by atoms with E-state index < -0.39 is 10.0 Å². The second-order valence-electron chi connectivity index (χ2n) is 4.42. The van der Waals surface area contributed by atoms with Crippen LogP contribution in [-0.4, -0.2) is 29.6 Å². The molecule has 0 saturated heterocycles. The highest BCUT2D eigenvalue weighted by molar-refractivity contribution is 7.89. The molecule has 0 unspecified atom stereocenters. The zero-order valence-electron chi connectivity index (χ0n) is 11.1. The van der Waals surface area contributed by atoms with Gasteiger partial charge in [-0.1, -0.05) is 23.7 Å². The van der Waals surface area contributed by atoms with Crippen LogP contribution in [0, 0.1) is 0 Å². The van der Waals surface area contributed by atoms with Crippen molar-refractivity contribution in [2.45, 2.75) is 11.6 Å². The SMILES string of the molecule is CN(Cc1ccc(N)cc1)S(=O)(=O)c1c(Cl)cnn1C. The summed E-state index contributed by atoms with van der Waals surface area (Å²) in [5.74, 6) is 0. The van der Waals surface area contributed by atoms with Gasteiger partial charge in [0.2, 0.25) is 0 Å². The summed E-state index contributed by atoms with van der Waals surface area (Å²) in [6.45, 7) is 0.226. The fraction of sp³-hybridized carbons (Fsp3) is 0.250. The van der Waals surface area contributed by atoms with Gasteiger partial charge in [-0.05, 0) is 17.7 Å². The highest BCUT2D eigenvalue weighted by Crippen LogP contribution is 2.24. The van der Waals surface area contributed by atoms with Crippen molar-refractivity contribution in [1.29, 1.82) is 0 Å². The first-order valence-electron chi connectivity index (χ1n) is 5.80. The van der Waals surface area contributed by atoms with Crippen LogP contribution in [-0.2, 0) is 23.6 Å². The van der Waals surface area contributed by atoms with Crippen molar-refractivity contribution >= 4 is 27.3 Å². The molecule has 0 aliphatic rings. The largest absolute Gasteiger partial charge is 0.399 e. The Hall–Kier alpha value is -1.57. The van der Waals surface area contributed by atoms with Gasteiger partial charge in [0.1, 0.15) is 0 Å². The van der Waals surface area contributed by atoms with Crippen molar-refractivity contribution < 1.29 is 8.42 Å². The topological polar surface area (TPSA) is 81.2 Å². The summed E-state index contributed by atoms with van der Waals surface area (Å²) < 4.78 is 27.4. The molecule has 108 valence electrons. The van der Waals surface area contributed by atoms with E-state index in [1.807, 2.05) is 0 Å². The number of rotatable bonds is 4. The van der Waals surface area contributed by atoms with Crippen LogP contribution in [0.3, 0.4) is 0 Å². The van der Waals surface area contributed by atoms with Crippen molar-refractivity contribution in [3.8, 4) is 0 Å². The molecule has 0 fully saturated rings. The third-order valence-corrected chi connectivity index (χ3v) is 5.19. The van der Waals surface area contributed by atoms with Gasteiger partial charge in [0.05, 0.1) is 11.2 Å². The zero-order chi connectivity index (χ0) is 14.9. The average molecular weight is 315 g/mol. The van der Waals surface area contributed by atoms with E-state index in [2.05, 4.69) is 5.10 Å². The molecule has 1 aromatic carbocycles. The predicted octanol–water partition coefficient (Wildman–Crippen LogP) is 1.48. The molecule has 0 aliphatic heterocycles. The Morgan fingerprint density at radius 3 is 2.45 bits per heavy atom. The minimum atomic E-state index is -3.69. The number of halogens is 1. The highest BCUT2D eigenvalue weighted by atomic mass is 35.5. The maximum atomic E-state index is 12.5. The molecule has 0 spiro atoms. The fourth-order valence-corrected chi connectivity index (χ4v) is 3.56. The molecule has 20 heavy (non-hydrogen) atoms. The summed E-state index contributed by atoms with van der Waals surface area (Å²) in [7, 11) is -0.662. The quantitative estimate of drug-likeness (QED) is 0.867. The lowest BCUT2D eigenvalue weighted by Gasteiger charge is -2.17. The molecule has 2 N–H and O–H groups in total. The number of aromatic nitrogens is 2. The Bertz CT molecular complexity index is 690. The number of aryl methyl sites for hydroxylation is 1. The highest BCUT2D eigenvalue weighted by Gasteiger charge is 2.27. The molecule has 2 aromatic rings. The predicted molar refractivity (Wildman–Crippen MR) is 77.7 cm³/mol. The Kier molecular flexibility index (Phi) is 4.03. The molecule has 1 aromatic heterocycles. The van der Waals surface area contributed by atoms with Crippen LogP contribution in [0.1, 0.15) is 5.56 Å². The number of nitrogen functional groups attached to an aromatic ring is 1. The molecule has 1 heterocycles. The third kappa shape index (κ3) is 2.79. The van der Waals surface area contributed by atoms with E-state index in [4.69, 9.17) is 17.3 Å².